The molecular formula is C8H15F2N3. The Morgan fingerprint density at radius 2 is 2.38 bits per heavy atom. The number of hydrogen-bond donors (Lipinski definition) is 2. The van der Waals surface area contributed by atoms with E-state index in [4.69, 9.17) is 0 Å². The zero-order chi connectivity index (χ0) is 9.84. The van der Waals surface area contributed by atoms with Crippen LogP contribution in [-0.4, -0.2) is 31.0 Å². The minimum atomic E-state index is -2.26. The van der Waals surface area contributed by atoms with Gasteiger partial charge in [0.2, 0.25) is 6.43 Å². The number of guanidine groups is 1. The molecule has 0 saturated heterocycles. The van der Waals surface area contributed by atoms with Gasteiger partial charge in [0.1, 0.15) is 0 Å². The summed E-state index contributed by atoms with van der Waals surface area (Å²) in [6.45, 7) is 4.43. The first-order valence-corrected chi connectivity index (χ1v) is 4.43. The van der Waals surface area contributed by atoms with Crippen molar-refractivity contribution in [2.24, 2.45) is 4.99 Å². The van der Waals surface area contributed by atoms with Gasteiger partial charge in [-0.05, 0) is 13.8 Å². The summed E-state index contributed by atoms with van der Waals surface area (Å²) < 4.78 is 23.9. The van der Waals surface area contributed by atoms with Crippen molar-refractivity contribution in [3.63, 3.8) is 0 Å². The predicted octanol–water partition coefficient (Wildman–Crippen LogP) is 0.967. The third-order valence-electron chi connectivity index (χ3n) is 1.82. The average molecular weight is 191 g/mol. The minimum absolute atomic E-state index is 0.144. The molecule has 2 unspecified atom stereocenters. The maximum absolute atomic E-state index is 11.9. The number of halogens is 2. The van der Waals surface area contributed by atoms with Gasteiger partial charge in [-0.2, -0.15) is 0 Å². The van der Waals surface area contributed by atoms with Gasteiger partial charge in [-0.15, -0.1) is 0 Å². The highest BCUT2D eigenvalue weighted by Gasteiger charge is 2.16. The third-order valence-corrected chi connectivity index (χ3v) is 1.82. The molecule has 0 amide bonds. The Balaban J connectivity index is 2.24. The van der Waals surface area contributed by atoms with Gasteiger partial charge in [0, 0.05) is 18.5 Å². The molecule has 1 aliphatic rings. The van der Waals surface area contributed by atoms with Crippen LogP contribution in [0.4, 0.5) is 8.78 Å². The van der Waals surface area contributed by atoms with E-state index in [0.29, 0.717) is 18.5 Å². The quantitative estimate of drug-likeness (QED) is 0.697. The van der Waals surface area contributed by atoms with Crippen LogP contribution in [0.2, 0.25) is 0 Å². The Kier molecular flexibility index (Phi) is 3.45. The van der Waals surface area contributed by atoms with Crippen LogP contribution in [0.3, 0.4) is 0 Å². The van der Waals surface area contributed by atoms with E-state index in [9.17, 15) is 8.78 Å². The van der Waals surface area contributed by atoms with Crippen molar-refractivity contribution in [1.29, 1.82) is 0 Å². The SMILES string of the molecule is CC1CN=C(NC(C)CC(F)F)N1. The van der Waals surface area contributed by atoms with Crippen molar-refractivity contribution in [1.82, 2.24) is 10.6 Å². The summed E-state index contributed by atoms with van der Waals surface area (Å²) in [5.74, 6) is 0.639. The Bertz CT molecular complexity index is 194. The molecule has 1 aliphatic heterocycles. The molecule has 0 radical (unpaired) electrons. The molecule has 2 N–H and O–H groups in total. The molecule has 5 heteroatoms. The predicted molar refractivity (Wildman–Crippen MR) is 48.1 cm³/mol. The monoisotopic (exact) mass is 191 g/mol. The molecule has 0 aromatic carbocycles. The lowest BCUT2D eigenvalue weighted by atomic mass is 10.2. The molecular weight excluding hydrogens is 176 g/mol. The lowest BCUT2D eigenvalue weighted by Gasteiger charge is -2.15. The average Bonchev–Trinajstić information content (AvgIpc) is 2.33. The first-order valence-electron chi connectivity index (χ1n) is 4.43. The fourth-order valence-electron chi connectivity index (χ4n) is 1.20. The zero-order valence-corrected chi connectivity index (χ0v) is 7.85. The second-order valence-electron chi connectivity index (χ2n) is 3.41. The lowest BCUT2D eigenvalue weighted by Crippen LogP contribution is -2.42. The van der Waals surface area contributed by atoms with Gasteiger partial charge in [0.25, 0.3) is 0 Å². The molecule has 0 fully saturated rings. The van der Waals surface area contributed by atoms with Crippen molar-refractivity contribution in [2.75, 3.05) is 6.54 Å². The maximum atomic E-state index is 11.9. The molecule has 0 bridgehead atoms. The van der Waals surface area contributed by atoms with E-state index in [1.54, 1.807) is 6.92 Å². The van der Waals surface area contributed by atoms with E-state index in [1.807, 2.05) is 6.92 Å². The summed E-state index contributed by atoms with van der Waals surface area (Å²) in [5.41, 5.74) is 0. The molecule has 2 atom stereocenters. The highest BCUT2D eigenvalue weighted by Crippen LogP contribution is 2.03. The number of aliphatic imine (C=N–C) groups is 1. The van der Waals surface area contributed by atoms with Gasteiger partial charge < -0.3 is 10.6 Å². The van der Waals surface area contributed by atoms with Crippen molar-refractivity contribution in [2.45, 2.75) is 38.8 Å². The Morgan fingerprint density at radius 3 is 2.85 bits per heavy atom. The van der Waals surface area contributed by atoms with Crippen LogP contribution in [0.5, 0.6) is 0 Å². The number of alkyl halides is 2. The zero-order valence-electron chi connectivity index (χ0n) is 7.85. The van der Waals surface area contributed by atoms with Crippen molar-refractivity contribution in [3.8, 4) is 0 Å². The van der Waals surface area contributed by atoms with E-state index in [1.165, 1.54) is 0 Å². The van der Waals surface area contributed by atoms with E-state index < -0.39 is 6.43 Å². The summed E-state index contributed by atoms with van der Waals surface area (Å²) >= 11 is 0. The van der Waals surface area contributed by atoms with Crippen molar-refractivity contribution >= 4 is 5.96 Å². The van der Waals surface area contributed by atoms with Crippen LogP contribution < -0.4 is 10.6 Å². The fourth-order valence-corrected chi connectivity index (χ4v) is 1.20. The summed E-state index contributed by atoms with van der Waals surface area (Å²) in [6, 6.07) is 0.0674. The molecule has 3 nitrogen and oxygen atoms in total. The molecule has 0 spiro atoms. The maximum Gasteiger partial charge on any atom is 0.240 e. The highest BCUT2D eigenvalue weighted by molar-refractivity contribution is 5.81. The number of rotatable bonds is 3. The summed E-state index contributed by atoms with van der Waals surface area (Å²) in [4.78, 5) is 4.11. The molecule has 0 saturated carbocycles. The van der Waals surface area contributed by atoms with Gasteiger partial charge in [0.05, 0.1) is 6.54 Å². The van der Waals surface area contributed by atoms with Crippen LogP contribution in [-0.2, 0) is 0 Å². The smallest absolute Gasteiger partial charge is 0.240 e. The normalized spacial score (nSPS) is 24.1. The van der Waals surface area contributed by atoms with Crippen LogP contribution >= 0.6 is 0 Å². The number of hydrogen-bond acceptors (Lipinski definition) is 3. The van der Waals surface area contributed by atoms with E-state index in [-0.39, 0.29) is 12.5 Å². The fraction of sp³-hybridized carbons (Fsp3) is 0.875. The molecule has 0 aromatic heterocycles. The molecule has 1 rings (SSSR count). The van der Waals surface area contributed by atoms with E-state index in [0.717, 1.165) is 0 Å². The van der Waals surface area contributed by atoms with Crippen LogP contribution in [0.1, 0.15) is 20.3 Å². The van der Waals surface area contributed by atoms with Crippen molar-refractivity contribution < 1.29 is 8.78 Å². The first kappa shape index (κ1) is 10.2. The van der Waals surface area contributed by atoms with Gasteiger partial charge >= 0.3 is 0 Å². The van der Waals surface area contributed by atoms with Crippen molar-refractivity contribution in [3.05, 3.63) is 0 Å². The largest absolute Gasteiger partial charge is 0.354 e. The molecule has 0 aromatic rings. The van der Waals surface area contributed by atoms with Gasteiger partial charge in [-0.25, -0.2) is 8.78 Å². The van der Waals surface area contributed by atoms with Crippen LogP contribution in [0.15, 0.2) is 4.99 Å². The summed E-state index contributed by atoms with van der Waals surface area (Å²) in [6.07, 6.45) is -2.41. The van der Waals surface area contributed by atoms with Crippen LogP contribution in [0, 0.1) is 0 Å². The minimum Gasteiger partial charge on any atom is -0.354 e. The Hall–Kier alpha value is -0.870. The first-order chi connectivity index (χ1) is 6.08. The highest BCUT2D eigenvalue weighted by atomic mass is 19.3. The number of nitrogens with one attached hydrogen (secondary N) is 2. The van der Waals surface area contributed by atoms with Gasteiger partial charge in [-0.3, -0.25) is 4.99 Å². The molecule has 76 valence electrons. The molecule has 1 heterocycles. The van der Waals surface area contributed by atoms with Crippen LogP contribution in [0.25, 0.3) is 0 Å². The van der Waals surface area contributed by atoms with E-state index in [2.05, 4.69) is 15.6 Å². The van der Waals surface area contributed by atoms with Gasteiger partial charge in [-0.1, -0.05) is 0 Å². The van der Waals surface area contributed by atoms with E-state index >= 15 is 0 Å². The summed E-state index contributed by atoms with van der Waals surface area (Å²) in [5, 5.41) is 5.95. The summed E-state index contributed by atoms with van der Waals surface area (Å²) in [7, 11) is 0. The second kappa shape index (κ2) is 4.39. The number of nitrogens with zero attached hydrogens (tertiary/aromatic N) is 1. The lowest BCUT2D eigenvalue weighted by molar-refractivity contribution is 0.128. The third kappa shape index (κ3) is 3.57. The molecule has 0 aliphatic carbocycles. The second-order valence-corrected chi connectivity index (χ2v) is 3.41. The Morgan fingerprint density at radius 1 is 1.69 bits per heavy atom. The topological polar surface area (TPSA) is 36.4 Å². The standard InChI is InChI=1S/C8H15F2N3/c1-5(3-7(9)10)12-8-11-4-6(2)13-8/h5-7H,3-4H2,1-2H3,(H2,11,12,13). The molecule has 13 heavy (non-hydrogen) atoms. The van der Waals surface area contributed by atoms with Gasteiger partial charge in [0.15, 0.2) is 5.96 Å². The Labute approximate surface area is 76.6 Å².